The van der Waals surface area contributed by atoms with Crippen LogP contribution in [0.15, 0.2) is 34.1 Å². The van der Waals surface area contributed by atoms with Crippen LogP contribution in [0.25, 0.3) is 0 Å². The average Bonchev–Trinajstić information content (AvgIpc) is 2.94. The van der Waals surface area contributed by atoms with Crippen LogP contribution in [-0.4, -0.2) is 28.9 Å². The zero-order valence-electron chi connectivity index (χ0n) is 13.1. The third-order valence-electron chi connectivity index (χ3n) is 3.99. The highest BCUT2D eigenvalue weighted by Crippen LogP contribution is 2.21. The van der Waals surface area contributed by atoms with E-state index in [9.17, 15) is 4.79 Å². The third kappa shape index (κ3) is 4.62. The lowest BCUT2D eigenvalue weighted by molar-refractivity contribution is 0.102. The van der Waals surface area contributed by atoms with E-state index in [0.29, 0.717) is 10.7 Å². The number of nitrogens with one attached hydrogen (secondary N) is 1. The van der Waals surface area contributed by atoms with Gasteiger partial charge in [-0.3, -0.25) is 15.0 Å². The van der Waals surface area contributed by atoms with Crippen LogP contribution in [0.4, 0.5) is 5.13 Å². The van der Waals surface area contributed by atoms with Crippen LogP contribution in [0.3, 0.4) is 0 Å². The fourth-order valence-corrected chi connectivity index (χ4v) is 3.99. The summed E-state index contributed by atoms with van der Waals surface area (Å²) in [6.07, 6.45) is 2.58. The van der Waals surface area contributed by atoms with E-state index in [-0.39, 0.29) is 5.91 Å². The van der Waals surface area contributed by atoms with Gasteiger partial charge in [0, 0.05) is 28.5 Å². The molecule has 1 aliphatic rings. The number of nitrogens with zero attached hydrogens (tertiary/aromatic N) is 2. The molecule has 1 fully saturated rings. The predicted octanol–water partition coefficient (Wildman–Crippen LogP) is 4.39. The Morgan fingerprint density at radius 1 is 1.52 bits per heavy atom. The van der Waals surface area contributed by atoms with Gasteiger partial charge in [0.2, 0.25) is 0 Å². The molecule has 0 spiro atoms. The van der Waals surface area contributed by atoms with Crippen molar-refractivity contribution < 1.29 is 4.79 Å². The standard InChI is InChI=1S/C17H20BrN3OS/c1-12-4-3-7-21(9-12)10-15-11-23-17(19-15)20-16(22)13-5-2-6-14(18)8-13/h2,5-6,8,11-12H,3-4,7,9-10H2,1H3,(H,19,20,22). The van der Waals surface area contributed by atoms with Crippen LogP contribution in [0.2, 0.25) is 0 Å². The molecule has 1 N–H and O–H groups in total. The van der Waals surface area contributed by atoms with Crippen molar-refractivity contribution in [2.75, 3.05) is 18.4 Å². The number of thiazole rings is 1. The van der Waals surface area contributed by atoms with Crippen LogP contribution in [0, 0.1) is 5.92 Å². The molecule has 2 heterocycles. The van der Waals surface area contributed by atoms with E-state index in [1.54, 1.807) is 12.1 Å². The second kappa shape index (κ2) is 7.55. The maximum Gasteiger partial charge on any atom is 0.257 e. The van der Waals surface area contributed by atoms with E-state index < -0.39 is 0 Å². The summed E-state index contributed by atoms with van der Waals surface area (Å²) in [4.78, 5) is 19.2. The van der Waals surface area contributed by atoms with E-state index in [4.69, 9.17) is 0 Å². The van der Waals surface area contributed by atoms with E-state index in [1.807, 2.05) is 17.5 Å². The van der Waals surface area contributed by atoms with Crippen LogP contribution < -0.4 is 5.32 Å². The summed E-state index contributed by atoms with van der Waals surface area (Å²) < 4.78 is 0.893. The number of hydrogen-bond acceptors (Lipinski definition) is 4. The minimum Gasteiger partial charge on any atom is -0.298 e. The monoisotopic (exact) mass is 393 g/mol. The molecule has 23 heavy (non-hydrogen) atoms. The first-order chi connectivity index (χ1) is 11.1. The van der Waals surface area contributed by atoms with Crippen molar-refractivity contribution in [2.45, 2.75) is 26.3 Å². The molecule has 4 nitrogen and oxygen atoms in total. The maximum absolute atomic E-state index is 12.2. The quantitative estimate of drug-likeness (QED) is 0.837. The Hall–Kier alpha value is -1.24. The molecule has 1 amide bonds. The zero-order valence-corrected chi connectivity index (χ0v) is 15.5. The number of rotatable bonds is 4. The van der Waals surface area contributed by atoms with E-state index in [0.717, 1.165) is 35.7 Å². The minimum atomic E-state index is -0.126. The van der Waals surface area contributed by atoms with Crippen molar-refractivity contribution in [3.8, 4) is 0 Å². The number of benzene rings is 1. The van der Waals surface area contributed by atoms with E-state index in [1.165, 1.54) is 24.2 Å². The molecule has 1 aliphatic heterocycles. The van der Waals surface area contributed by atoms with Gasteiger partial charge in [-0.25, -0.2) is 4.98 Å². The molecule has 0 radical (unpaired) electrons. The van der Waals surface area contributed by atoms with Gasteiger partial charge in [-0.1, -0.05) is 28.9 Å². The summed E-state index contributed by atoms with van der Waals surface area (Å²) in [5.41, 5.74) is 1.66. The van der Waals surface area contributed by atoms with Gasteiger partial charge in [0.1, 0.15) is 0 Å². The zero-order chi connectivity index (χ0) is 16.2. The van der Waals surface area contributed by atoms with Gasteiger partial charge in [-0.15, -0.1) is 11.3 Å². The normalized spacial score (nSPS) is 18.8. The maximum atomic E-state index is 12.2. The number of hydrogen-bond donors (Lipinski definition) is 1. The number of piperidine rings is 1. The summed E-state index contributed by atoms with van der Waals surface area (Å²) in [6, 6.07) is 7.35. The Morgan fingerprint density at radius 3 is 3.17 bits per heavy atom. The lowest BCUT2D eigenvalue weighted by Gasteiger charge is -2.30. The molecule has 122 valence electrons. The highest BCUT2D eigenvalue weighted by molar-refractivity contribution is 9.10. The molecule has 2 aromatic rings. The van der Waals surface area contributed by atoms with Gasteiger partial charge in [0.15, 0.2) is 5.13 Å². The second-order valence-electron chi connectivity index (χ2n) is 6.09. The predicted molar refractivity (Wildman–Crippen MR) is 97.9 cm³/mol. The highest BCUT2D eigenvalue weighted by Gasteiger charge is 2.17. The number of halogens is 1. The molecule has 0 bridgehead atoms. The van der Waals surface area contributed by atoms with E-state index in [2.05, 4.69) is 38.1 Å². The van der Waals surface area contributed by atoms with Crippen LogP contribution in [0.5, 0.6) is 0 Å². The summed E-state index contributed by atoms with van der Waals surface area (Å²) in [7, 11) is 0. The Morgan fingerprint density at radius 2 is 2.39 bits per heavy atom. The fourth-order valence-electron chi connectivity index (χ4n) is 2.90. The van der Waals surface area contributed by atoms with Crippen LogP contribution in [0.1, 0.15) is 35.8 Å². The highest BCUT2D eigenvalue weighted by atomic mass is 79.9. The number of aromatic nitrogens is 1. The first-order valence-electron chi connectivity index (χ1n) is 7.84. The van der Waals surface area contributed by atoms with Crippen molar-refractivity contribution in [3.05, 3.63) is 45.4 Å². The first kappa shape index (κ1) is 16.6. The molecule has 0 saturated carbocycles. The minimum absolute atomic E-state index is 0.126. The van der Waals surface area contributed by atoms with Gasteiger partial charge in [-0.2, -0.15) is 0 Å². The average molecular weight is 394 g/mol. The Kier molecular flexibility index (Phi) is 5.46. The summed E-state index contributed by atoms with van der Waals surface area (Å²) in [5.74, 6) is 0.636. The topological polar surface area (TPSA) is 45.2 Å². The molecule has 6 heteroatoms. The number of likely N-dealkylation sites (tertiary alicyclic amines) is 1. The number of carbonyl (C=O) groups excluding carboxylic acids is 1. The van der Waals surface area contributed by atoms with Crippen LogP contribution in [-0.2, 0) is 6.54 Å². The van der Waals surface area contributed by atoms with Gasteiger partial charge < -0.3 is 0 Å². The molecule has 1 unspecified atom stereocenters. The smallest absolute Gasteiger partial charge is 0.257 e. The Labute approximate surface area is 149 Å². The number of amides is 1. The van der Waals surface area contributed by atoms with Gasteiger partial charge >= 0.3 is 0 Å². The van der Waals surface area contributed by atoms with Crippen LogP contribution >= 0.6 is 27.3 Å². The molecule has 1 aromatic carbocycles. The number of anilines is 1. The van der Waals surface area contributed by atoms with Crippen molar-refractivity contribution in [1.82, 2.24) is 9.88 Å². The lowest BCUT2D eigenvalue weighted by Crippen LogP contribution is -2.33. The SMILES string of the molecule is CC1CCCN(Cc2csc(NC(=O)c3cccc(Br)c3)n2)C1. The molecular formula is C17H20BrN3OS. The lowest BCUT2D eigenvalue weighted by atomic mass is 10.0. The molecule has 1 atom stereocenters. The van der Waals surface area contributed by atoms with Gasteiger partial charge in [0.25, 0.3) is 5.91 Å². The largest absolute Gasteiger partial charge is 0.298 e. The number of carbonyl (C=O) groups is 1. The van der Waals surface area contributed by atoms with E-state index >= 15 is 0 Å². The van der Waals surface area contributed by atoms with Crippen molar-refractivity contribution in [1.29, 1.82) is 0 Å². The summed E-state index contributed by atoms with van der Waals surface area (Å²) in [6.45, 7) is 5.45. The molecule has 1 aromatic heterocycles. The van der Waals surface area contributed by atoms with Crippen molar-refractivity contribution in [3.63, 3.8) is 0 Å². The van der Waals surface area contributed by atoms with Gasteiger partial charge in [0.05, 0.1) is 5.69 Å². The van der Waals surface area contributed by atoms with Crippen molar-refractivity contribution in [2.24, 2.45) is 5.92 Å². The molecule has 1 saturated heterocycles. The third-order valence-corrected chi connectivity index (χ3v) is 5.29. The molecule has 3 rings (SSSR count). The summed E-state index contributed by atoms with van der Waals surface area (Å²) in [5, 5.41) is 5.58. The van der Waals surface area contributed by atoms with Gasteiger partial charge in [-0.05, 0) is 43.5 Å². The second-order valence-corrected chi connectivity index (χ2v) is 7.86. The molecule has 0 aliphatic carbocycles. The Bertz CT molecular complexity index is 688. The first-order valence-corrected chi connectivity index (χ1v) is 9.51. The summed E-state index contributed by atoms with van der Waals surface area (Å²) >= 11 is 4.87. The molecular weight excluding hydrogens is 374 g/mol. The Balaban J connectivity index is 1.59. The fraction of sp³-hybridized carbons (Fsp3) is 0.412. The van der Waals surface area contributed by atoms with Crippen molar-refractivity contribution >= 4 is 38.3 Å².